The van der Waals surface area contributed by atoms with Crippen molar-refractivity contribution in [2.24, 2.45) is 5.84 Å². The average Bonchev–Trinajstić information content (AvgIpc) is 1.90. The fraction of sp³-hybridized carbons (Fsp3) is 0. The molecule has 0 saturated carbocycles. The molecule has 0 bridgehead atoms. The van der Waals surface area contributed by atoms with Gasteiger partial charge in [-0.25, -0.2) is 0 Å². The van der Waals surface area contributed by atoms with Crippen molar-refractivity contribution in [1.29, 1.82) is 0 Å². The molecule has 0 aliphatic rings. The molecule has 0 amide bonds. The third-order valence-electron chi connectivity index (χ3n) is 1.02. The Labute approximate surface area is 58.6 Å². The van der Waals surface area contributed by atoms with Crippen LogP contribution in [-0.4, -0.2) is 0 Å². The fourth-order valence-electron chi connectivity index (χ4n) is 0.551. The van der Waals surface area contributed by atoms with Gasteiger partial charge in [0.15, 0.2) is 11.6 Å². The lowest BCUT2D eigenvalue weighted by molar-refractivity contribution is -0.288. The topological polar surface area (TPSA) is 38.0 Å². The number of nitrogens with two attached hydrogens (primary N) is 1. The third-order valence-corrected chi connectivity index (χ3v) is 1.29. The molecule has 0 saturated heterocycles. The Bertz CT molecular complexity index is 183. The second-order valence-corrected chi connectivity index (χ2v) is 2.14. The Morgan fingerprint density at radius 1 is 1.22 bits per heavy atom. The van der Waals surface area contributed by atoms with Gasteiger partial charge in [-0.15, -0.1) is 0 Å². The molecule has 0 fully saturated rings. The fourth-order valence-corrected chi connectivity index (χ4v) is 0.687. The molecule has 0 radical (unpaired) electrons. The summed E-state index contributed by atoms with van der Waals surface area (Å²) in [4.78, 5) is 0. The SMILES string of the molecule is NNc1ccc([ClH+])cc1. The van der Waals surface area contributed by atoms with Gasteiger partial charge in [0.05, 0.1) is 0 Å². The van der Waals surface area contributed by atoms with Gasteiger partial charge in [0.1, 0.15) is 0 Å². The van der Waals surface area contributed by atoms with Crippen LogP contribution in [0.5, 0.6) is 0 Å². The third kappa shape index (κ3) is 1.59. The van der Waals surface area contributed by atoms with Gasteiger partial charge in [0.25, 0.3) is 0 Å². The predicted octanol–water partition coefficient (Wildman–Crippen LogP) is 0.668. The summed E-state index contributed by atoms with van der Waals surface area (Å²) in [6.45, 7) is 0. The van der Waals surface area contributed by atoms with Crippen molar-refractivity contribution in [2.45, 2.75) is 0 Å². The molecule has 0 unspecified atom stereocenters. The standard InChI is InChI=1S/C6H8ClN2/c7-5-1-3-6(9-8)4-2-5/h1-4,7,9H,8H2/q+1. The number of nitrogen functional groups attached to an aromatic ring is 1. The average molecular weight is 144 g/mol. The van der Waals surface area contributed by atoms with Gasteiger partial charge >= 0.3 is 0 Å². The molecule has 2 nitrogen and oxygen atoms in total. The Morgan fingerprint density at radius 3 is 2.22 bits per heavy atom. The normalized spacial score (nSPS) is 9.11. The van der Waals surface area contributed by atoms with Crippen LogP contribution in [0.25, 0.3) is 0 Å². The summed E-state index contributed by atoms with van der Waals surface area (Å²) < 4.78 is 0. The van der Waals surface area contributed by atoms with Crippen LogP contribution in [0.2, 0.25) is 5.02 Å². The second kappa shape index (κ2) is 2.71. The van der Waals surface area contributed by atoms with E-state index in [2.05, 4.69) is 5.43 Å². The monoisotopic (exact) mass is 143 g/mol. The minimum absolute atomic E-state index is 0.828. The summed E-state index contributed by atoms with van der Waals surface area (Å²) in [6.07, 6.45) is 0. The molecule has 3 heteroatoms. The van der Waals surface area contributed by atoms with Crippen LogP contribution >= 0.6 is 0 Å². The van der Waals surface area contributed by atoms with Crippen molar-refractivity contribution in [2.75, 3.05) is 5.43 Å². The highest BCUT2D eigenvalue weighted by Gasteiger charge is 1.92. The largest absolute Gasteiger partial charge is 0.324 e. The molecular weight excluding hydrogens is 136 g/mol. The van der Waals surface area contributed by atoms with E-state index in [4.69, 9.17) is 17.4 Å². The van der Waals surface area contributed by atoms with Gasteiger partial charge in [0.2, 0.25) is 5.02 Å². The van der Waals surface area contributed by atoms with Gasteiger partial charge in [-0.2, -0.15) is 0 Å². The summed E-state index contributed by atoms with van der Waals surface area (Å²) in [6, 6.07) is 7.32. The van der Waals surface area contributed by atoms with Crippen LogP contribution in [0.3, 0.4) is 0 Å². The van der Waals surface area contributed by atoms with Crippen molar-refractivity contribution in [3.05, 3.63) is 29.3 Å². The maximum Gasteiger partial charge on any atom is 0.225 e. The van der Waals surface area contributed by atoms with Crippen LogP contribution in [0.15, 0.2) is 24.3 Å². The number of benzene rings is 1. The van der Waals surface area contributed by atoms with E-state index in [-0.39, 0.29) is 0 Å². The molecule has 0 atom stereocenters. The second-order valence-electron chi connectivity index (χ2n) is 1.67. The molecule has 0 spiro atoms. The lowest BCUT2D eigenvalue weighted by Gasteiger charge is -1.94. The molecule has 9 heavy (non-hydrogen) atoms. The van der Waals surface area contributed by atoms with E-state index in [1.807, 2.05) is 24.3 Å². The number of hydrazine groups is 1. The first-order valence-corrected chi connectivity index (χ1v) is 2.97. The molecular formula is C6H8ClN2+. The van der Waals surface area contributed by atoms with Crippen molar-refractivity contribution in [1.82, 2.24) is 0 Å². The Kier molecular flexibility index (Phi) is 1.92. The van der Waals surface area contributed by atoms with Gasteiger partial charge < -0.3 is 5.43 Å². The molecule has 0 heterocycles. The Morgan fingerprint density at radius 2 is 1.78 bits per heavy atom. The summed E-state index contributed by atoms with van der Waals surface area (Å²) >= 11 is 4.85. The van der Waals surface area contributed by atoms with Gasteiger partial charge in [-0.1, -0.05) is 0 Å². The minimum Gasteiger partial charge on any atom is -0.324 e. The van der Waals surface area contributed by atoms with Crippen molar-refractivity contribution in [3.8, 4) is 0 Å². The van der Waals surface area contributed by atoms with Crippen molar-refractivity contribution in [3.63, 3.8) is 0 Å². The van der Waals surface area contributed by atoms with E-state index >= 15 is 0 Å². The number of anilines is 1. The Hall–Kier alpha value is -0.730. The number of nitrogens with one attached hydrogen (secondary N) is 1. The highest BCUT2D eigenvalue weighted by Crippen LogP contribution is 2.06. The molecule has 1 rings (SSSR count). The zero-order valence-corrected chi connectivity index (χ0v) is 5.61. The number of rotatable bonds is 1. The van der Waals surface area contributed by atoms with Crippen LogP contribution < -0.4 is 11.3 Å². The quantitative estimate of drug-likeness (QED) is 0.448. The molecule has 1 aromatic rings. The van der Waals surface area contributed by atoms with Crippen LogP contribution in [0.4, 0.5) is 5.69 Å². The predicted molar refractivity (Wildman–Crippen MR) is 34.8 cm³/mol. The first-order chi connectivity index (χ1) is 4.33. The number of halogens is 1. The maximum absolute atomic E-state index is 5.12. The van der Waals surface area contributed by atoms with E-state index in [9.17, 15) is 0 Å². The summed E-state index contributed by atoms with van der Waals surface area (Å²) in [5.74, 6) is 5.12. The Balaban J connectivity index is 2.88. The van der Waals surface area contributed by atoms with E-state index in [1.165, 1.54) is 0 Å². The molecule has 1 aromatic carbocycles. The van der Waals surface area contributed by atoms with E-state index < -0.39 is 0 Å². The van der Waals surface area contributed by atoms with Gasteiger partial charge in [0, 0.05) is 17.8 Å². The van der Waals surface area contributed by atoms with Gasteiger partial charge in [-0.3, -0.25) is 5.84 Å². The van der Waals surface area contributed by atoms with Crippen LogP contribution in [-0.2, 0) is 0 Å². The molecule has 0 aromatic heterocycles. The van der Waals surface area contributed by atoms with Crippen molar-refractivity contribution >= 4 is 5.69 Å². The lowest BCUT2D eigenvalue weighted by Crippen LogP contribution is -2.05. The van der Waals surface area contributed by atoms with Crippen LogP contribution in [0, 0.1) is 11.6 Å². The van der Waals surface area contributed by atoms with Gasteiger partial charge in [-0.05, 0) is 12.1 Å². The van der Waals surface area contributed by atoms with E-state index in [0.717, 1.165) is 10.7 Å². The first kappa shape index (κ1) is 6.39. The van der Waals surface area contributed by atoms with E-state index in [1.54, 1.807) is 0 Å². The smallest absolute Gasteiger partial charge is 0.225 e. The molecule has 0 aliphatic carbocycles. The highest BCUT2D eigenvalue weighted by atomic mass is 35.5. The highest BCUT2D eigenvalue weighted by molar-refractivity contribution is 5.42. The number of hydrogen-bond donors (Lipinski definition) is 2. The first-order valence-electron chi connectivity index (χ1n) is 2.56. The lowest BCUT2D eigenvalue weighted by atomic mass is 10.3. The molecule has 48 valence electrons. The van der Waals surface area contributed by atoms with Crippen LogP contribution in [0.1, 0.15) is 0 Å². The van der Waals surface area contributed by atoms with E-state index in [0.29, 0.717) is 0 Å². The molecule has 0 aliphatic heterocycles. The zero-order valence-electron chi connectivity index (χ0n) is 4.79. The maximum atomic E-state index is 5.12. The molecule has 3 N–H and O–H groups in total. The summed E-state index contributed by atoms with van der Waals surface area (Å²) in [5.41, 5.74) is 3.39. The minimum atomic E-state index is 0.828. The zero-order chi connectivity index (χ0) is 6.69. The van der Waals surface area contributed by atoms with Crippen molar-refractivity contribution < 1.29 is 11.6 Å². The summed E-state index contributed by atoms with van der Waals surface area (Å²) in [5, 5.41) is 0.828. The number of hydrogen-bond acceptors (Lipinski definition) is 2. The summed E-state index contributed by atoms with van der Waals surface area (Å²) in [7, 11) is 0.